The van der Waals surface area contributed by atoms with Gasteiger partial charge in [-0.15, -0.1) is 0 Å². The SMILES string of the molecule is CCCCCP(CCCCC)[C]12[CH]3[CH]4[CH]5[C]1(P(CCCCC)CCCCC)[Zr]43521678[CH]2[CH]1[CH]6[CH]7[CH]28. The van der Waals surface area contributed by atoms with Crippen molar-refractivity contribution in [3.8, 4) is 0 Å². The molecular weight excluding hydrogens is 514 g/mol. The Bertz CT molecular complexity index is 1140. The fourth-order valence-corrected chi connectivity index (χ4v) is 319. The fourth-order valence-electron chi connectivity index (χ4n) is 29.3. The number of fused-ring (bicyclic) bond motifs is 10. The van der Waals surface area contributed by atoms with E-state index >= 15 is 0 Å². The Balaban J connectivity index is 1.10. The molecule has 10 rings (SSSR count). The molecule has 4 unspecified atom stereocenters. The van der Waals surface area contributed by atoms with Crippen molar-refractivity contribution in [1.82, 2.24) is 0 Å². The Hall–Kier alpha value is 1.74. The standard InChI is InChI=1S/C25H47P2.C5H5.Zr/c1-5-9-13-20-26(21-14-10-6-2)24-18-17-19-25(24)27(22-15-11-7-3)23-16-12-8-4;1-2-4-5-3-1;/h17-19H,5-16,20-23H2,1-4H3;1-5H;. The summed E-state index contributed by atoms with van der Waals surface area (Å²) in [5.74, 6) is 0. The van der Waals surface area contributed by atoms with E-state index < -0.39 is 11.4 Å². The van der Waals surface area contributed by atoms with E-state index in [0.29, 0.717) is 15.8 Å². The number of hydrogen-bond acceptors (Lipinski definition) is 0. The molecule has 10 aliphatic heterocycles. The van der Waals surface area contributed by atoms with Gasteiger partial charge in [0.1, 0.15) is 0 Å². The van der Waals surface area contributed by atoms with Crippen LogP contribution in [0.15, 0.2) is 0 Å². The van der Waals surface area contributed by atoms with E-state index in [1.54, 1.807) is 105 Å². The molecule has 4 atom stereocenters. The molecule has 0 aromatic carbocycles. The number of rotatable bonds is 18. The molecule has 0 radical (unpaired) electrons. The third-order valence-electron chi connectivity index (χ3n) is 25.4. The van der Waals surface area contributed by atoms with Gasteiger partial charge in [0.2, 0.25) is 0 Å². The van der Waals surface area contributed by atoms with E-state index in [0.717, 1.165) is 0 Å². The second-order valence-electron chi connectivity index (χ2n) is 19.5. The second-order valence-corrected chi connectivity index (χ2v) is 78.7. The Morgan fingerprint density at radius 1 is 0.455 bits per heavy atom. The summed E-state index contributed by atoms with van der Waals surface area (Å²) in [5.41, 5.74) is 0. The molecule has 10 saturated heterocycles. The molecular formula is C30H52P2Zr. The zero-order valence-corrected chi connectivity index (χ0v) is 26.6. The van der Waals surface area contributed by atoms with Crippen LogP contribution in [0.5, 0.6) is 0 Å². The van der Waals surface area contributed by atoms with Gasteiger partial charge in [-0.05, 0) is 0 Å². The van der Waals surface area contributed by atoms with Crippen molar-refractivity contribution in [2.45, 2.75) is 139 Å². The Labute approximate surface area is 190 Å². The van der Waals surface area contributed by atoms with Gasteiger partial charge in [0.15, 0.2) is 0 Å². The van der Waals surface area contributed by atoms with Crippen LogP contribution in [0.2, 0.25) is 29.0 Å². The van der Waals surface area contributed by atoms with Crippen molar-refractivity contribution in [3.05, 3.63) is 0 Å². The molecule has 0 bridgehead atoms. The first kappa shape index (κ1) is 20.7. The third-order valence-corrected chi connectivity index (χ3v) is 146. The van der Waals surface area contributed by atoms with Gasteiger partial charge < -0.3 is 0 Å². The van der Waals surface area contributed by atoms with E-state index in [2.05, 4.69) is 27.7 Å². The average molecular weight is 566 g/mol. The summed E-state index contributed by atoms with van der Waals surface area (Å²) >= 11 is -3.84. The monoisotopic (exact) mass is 564 g/mol. The zero-order valence-electron chi connectivity index (χ0n) is 22.3. The van der Waals surface area contributed by atoms with Crippen molar-refractivity contribution < 1.29 is 11.4 Å². The molecule has 0 saturated carbocycles. The molecule has 0 aromatic rings. The molecule has 3 heteroatoms. The van der Waals surface area contributed by atoms with Crippen LogP contribution >= 0.6 is 15.8 Å². The van der Waals surface area contributed by atoms with Crippen LogP contribution in [-0.2, 0) is 11.4 Å². The van der Waals surface area contributed by atoms with E-state index in [-0.39, 0.29) is 0 Å². The summed E-state index contributed by atoms with van der Waals surface area (Å²) in [4.78, 5) is 0. The van der Waals surface area contributed by atoms with Crippen molar-refractivity contribution >= 4 is 15.8 Å². The summed E-state index contributed by atoms with van der Waals surface area (Å²) in [6, 6.07) is 0. The molecule has 33 heavy (non-hydrogen) atoms. The van der Waals surface area contributed by atoms with Gasteiger partial charge in [-0.2, -0.15) is 0 Å². The van der Waals surface area contributed by atoms with Crippen LogP contribution in [0.4, 0.5) is 0 Å². The van der Waals surface area contributed by atoms with Gasteiger partial charge in [-0.3, -0.25) is 0 Å². The van der Waals surface area contributed by atoms with Crippen LogP contribution in [0.3, 0.4) is 0 Å². The third kappa shape index (κ3) is 0.500. The molecule has 1 spiro atoms. The van der Waals surface area contributed by atoms with E-state index in [4.69, 9.17) is 0 Å². The zero-order chi connectivity index (χ0) is 22.4. The minimum absolute atomic E-state index is 0.412. The molecule has 10 fully saturated rings. The summed E-state index contributed by atoms with van der Waals surface area (Å²) < 4.78 is 15.1. The first-order valence-corrected chi connectivity index (χ1v) is 33.7. The van der Waals surface area contributed by atoms with Gasteiger partial charge in [0.25, 0.3) is 0 Å². The number of unbranched alkanes of at least 4 members (excludes halogenated alkanes) is 8. The Morgan fingerprint density at radius 3 is 0.970 bits per heavy atom. The molecule has 10 aliphatic rings. The first-order valence-electron chi connectivity index (χ1n) is 16.5. The van der Waals surface area contributed by atoms with E-state index in [9.17, 15) is 0 Å². The van der Waals surface area contributed by atoms with Gasteiger partial charge in [-0.25, -0.2) is 0 Å². The van der Waals surface area contributed by atoms with E-state index in [1.165, 1.54) is 31.4 Å². The summed E-state index contributed by atoms with van der Waals surface area (Å²) in [6.07, 6.45) is 25.6. The van der Waals surface area contributed by atoms with Gasteiger partial charge in [-0.1, -0.05) is 0 Å². The van der Waals surface area contributed by atoms with Gasteiger partial charge in [0, 0.05) is 0 Å². The van der Waals surface area contributed by atoms with Crippen LogP contribution in [0.1, 0.15) is 105 Å². The normalized spacial score (nSPS) is 69.9. The molecule has 10 heterocycles. The average Bonchev–Trinajstić information content (AvgIpc) is 3.76. The van der Waals surface area contributed by atoms with Crippen molar-refractivity contribution in [2.75, 3.05) is 24.6 Å². The minimum atomic E-state index is -3.84. The van der Waals surface area contributed by atoms with E-state index in [1.807, 2.05) is 0 Å². The molecule has 186 valence electrons. The second kappa shape index (κ2) is 3.30. The first-order chi connectivity index (χ1) is 16.0. The molecule has 0 aliphatic carbocycles. The molecule has 0 aromatic heterocycles. The van der Waals surface area contributed by atoms with Gasteiger partial charge in [0.05, 0.1) is 0 Å². The fraction of sp³-hybridized carbons (Fsp3) is 1.00. The Morgan fingerprint density at radius 2 is 0.758 bits per heavy atom. The van der Waals surface area contributed by atoms with Crippen LogP contribution in [0, 0.1) is 0 Å². The van der Waals surface area contributed by atoms with Crippen LogP contribution in [0.25, 0.3) is 0 Å². The van der Waals surface area contributed by atoms with Crippen LogP contribution in [-0.4, -0.2) is 30.4 Å². The molecule has 0 nitrogen and oxygen atoms in total. The summed E-state index contributed by atoms with van der Waals surface area (Å²) in [6.45, 7) is 9.81. The summed E-state index contributed by atoms with van der Waals surface area (Å²) in [5, 5.41) is 0. The topological polar surface area (TPSA) is 0 Å². The quantitative estimate of drug-likeness (QED) is 0.114. The molecule has 0 N–H and O–H groups in total. The van der Waals surface area contributed by atoms with Crippen molar-refractivity contribution in [3.63, 3.8) is 0 Å². The Kier molecular flexibility index (Phi) is 2.07. The maximum absolute atomic E-state index is 3.84. The predicted molar refractivity (Wildman–Crippen MR) is 147 cm³/mol. The van der Waals surface area contributed by atoms with Gasteiger partial charge >= 0.3 is 191 Å². The predicted octanol–water partition coefficient (Wildman–Crippen LogP) is 10.9. The number of hydrogen-bond donors (Lipinski definition) is 0. The van der Waals surface area contributed by atoms with Crippen molar-refractivity contribution in [1.29, 1.82) is 0 Å². The van der Waals surface area contributed by atoms with Crippen LogP contribution < -0.4 is 0 Å². The molecule has 0 amide bonds. The van der Waals surface area contributed by atoms with Crippen molar-refractivity contribution in [2.24, 2.45) is 0 Å². The summed E-state index contributed by atoms with van der Waals surface area (Å²) in [7, 11) is 0.824. The maximum atomic E-state index is 2.45.